The van der Waals surface area contributed by atoms with Crippen molar-refractivity contribution >= 4 is 0 Å². The molecule has 1 aromatic heterocycles. The van der Waals surface area contributed by atoms with Crippen LogP contribution in [0.15, 0.2) is 28.7 Å². The number of benzene rings is 1. The van der Waals surface area contributed by atoms with Crippen LogP contribution < -0.4 is 10.5 Å². The van der Waals surface area contributed by atoms with Crippen LogP contribution in [0.2, 0.25) is 0 Å². The number of aryl methyl sites for hydroxylation is 1. The molecule has 1 unspecified atom stereocenters. The molecule has 0 aliphatic heterocycles. The molecule has 1 atom stereocenters. The van der Waals surface area contributed by atoms with E-state index >= 15 is 0 Å². The summed E-state index contributed by atoms with van der Waals surface area (Å²) >= 11 is 0. The molecule has 0 fully saturated rings. The quantitative estimate of drug-likeness (QED) is 0.873. The Morgan fingerprint density at radius 3 is 2.88 bits per heavy atom. The first kappa shape index (κ1) is 11.6. The van der Waals surface area contributed by atoms with Gasteiger partial charge in [0.05, 0.1) is 6.04 Å². The molecule has 0 aliphatic rings. The molecular weight excluding hydrogens is 218 g/mol. The molecule has 2 N–H and O–H groups in total. The van der Waals surface area contributed by atoms with Gasteiger partial charge in [-0.25, -0.2) is 0 Å². The fourth-order valence-corrected chi connectivity index (χ4v) is 1.36. The first-order valence-corrected chi connectivity index (χ1v) is 5.42. The summed E-state index contributed by atoms with van der Waals surface area (Å²) in [4.78, 5) is 0. The van der Waals surface area contributed by atoms with Crippen molar-refractivity contribution in [2.45, 2.75) is 26.5 Å². The van der Waals surface area contributed by atoms with E-state index in [0.29, 0.717) is 11.8 Å². The molecule has 17 heavy (non-hydrogen) atoms. The van der Waals surface area contributed by atoms with Crippen LogP contribution in [0.5, 0.6) is 5.75 Å². The topological polar surface area (TPSA) is 74.2 Å². The van der Waals surface area contributed by atoms with Crippen LogP contribution in [0.3, 0.4) is 0 Å². The number of nitrogens with zero attached hydrogens (tertiary/aromatic N) is 2. The highest BCUT2D eigenvalue weighted by molar-refractivity contribution is 5.27. The lowest BCUT2D eigenvalue weighted by atomic mass is 10.2. The third-order valence-corrected chi connectivity index (χ3v) is 2.22. The van der Waals surface area contributed by atoms with E-state index in [2.05, 4.69) is 10.2 Å². The Labute approximate surface area is 99.6 Å². The SMILES string of the molecule is Cc1cccc(OCc2nnc(C(C)N)o2)c1. The highest BCUT2D eigenvalue weighted by atomic mass is 16.5. The van der Waals surface area contributed by atoms with E-state index in [1.807, 2.05) is 31.2 Å². The molecule has 1 aromatic carbocycles. The van der Waals surface area contributed by atoms with Gasteiger partial charge < -0.3 is 14.9 Å². The minimum Gasteiger partial charge on any atom is -0.484 e. The fraction of sp³-hybridized carbons (Fsp3) is 0.333. The van der Waals surface area contributed by atoms with Gasteiger partial charge in [-0.05, 0) is 31.5 Å². The highest BCUT2D eigenvalue weighted by Crippen LogP contribution is 2.15. The maximum atomic E-state index is 5.62. The normalized spacial score (nSPS) is 12.4. The van der Waals surface area contributed by atoms with Gasteiger partial charge in [-0.15, -0.1) is 10.2 Å². The smallest absolute Gasteiger partial charge is 0.253 e. The Bertz CT molecular complexity index is 494. The Hall–Kier alpha value is -1.88. The molecule has 0 amide bonds. The van der Waals surface area contributed by atoms with Gasteiger partial charge in [0.25, 0.3) is 5.89 Å². The summed E-state index contributed by atoms with van der Waals surface area (Å²) in [6, 6.07) is 7.52. The van der Waals surface area contributed by atoms with Gasteiger partial charge in [-0.3, -0.25) is 0 Å². The van der Waals surface area contributed by atoms with Gasteiger partial charge in [0.15, 0.2) is 6.61 Å². The van der Waals surface area contributed by atoms with E-state index in [9.17, 15) is 0 Å². The molecule has 90 valence electrons. The van der Waals surface area contributed by atoms with Crippen molar-refractivity contribution < 1.29 is 9.15 Å². The van der Waals surface area contributed by atoms with Gasteiger partial charge in [0, 0.05) is 0 Å². The molecule has 0 saturated heterocycles. The van der Waals surface area contributed by atoms with E-state index in [1.165, 1.54) is 0 Å². The number of nitrogens with two attached hydrogens (primary N) is 1. The van der Waals surface area contributed by atoms with E-state index in [-0.39, 0.29) is 12.6 Å². The number of ether oxygens (including phenoxy) is 1. The van der Waals surface area contributed by atoms with Crippen molar-refractivity contribution in [3.05, 3.63) is 41.6 Å². The summed E-state index contributed by atoms with van der Waals surface area (Å²) in [5.74, 6) is 1.64. The monoisotopic (exact) mass is 233 g/mol. The molecule has 2 rings (SSSR count). The lowest BCUT2D eigenvalue weighted by molar-refractivity contribution is 0.257. The van der Waals surface area contributed by atoms with E-state index in [4.69, 9.17) is 14.9 Å². The number of hydrogen-bond acceptors (Lipinski definition) is 5. The molecule has 0 saturated carbocycles. The third kappa shape index (κ3) is 3.04. The van der Waals surface area contributed by atoms with Crippen LogP contribution in [0.1, 0.15) is 30.3 Å². The van der Waals surface area contributed by atoms with Crippen LogP contribution in [-0.4, -0.2) is 10.2 Å². The molecule has 5 heteroatoms. The van der Waals surface area contributed by atoms with Crippen molar-refractivity contribution in [2.24, 2.45) is 5.73 Å². The van der Waals surface area contributed by atoms with Gasteiger partial charge in [-0.1, -0.05) is 12.1 Å². The molecule has 0 aliphatic carbocycles. The third-order valence-electron chi connectivity index (χ3n) is 2.22. The first-order chi connectivity index (χ1) is 8.15. The van der Waals surface area contributed by atoms with Gasteiger partial charge in [0.2, 0.25) is 5.89 Å². The van der Waals surface area contributed by atoms with Crippen LogP contribution in [-0.2, 0) is 6.61 Å². The minimum absolute atomic E-state index is 0.253. The Morgan fingerprint density at radius 1 is 1.41 bits per heavy atom. The number of aromatic nitrogens is 2. The molecule has 0 bridgehead atoms. The Balaban J connectivity index is 1.97. The van der Waals surface area contributed by atoms with Crippen molar-refractivity contribution in [1.29, 1.82) is 0 Å². The molecule has 1 heterocycles. The second-order valence-corrected chi connectivity index (χ2v) is 3.93. The largest absolute Gasteiger partial charge is 0.484 e. The molecular formula is C12H15N3O2. The Kier molecular flexibility index (Phi) is 3.39. The van der Waals surface area contributed by atoms with E-state index in [0.717, 1.165) is 11.3 Å². The standard InChI is InChI=1S/C12H15N3O2/c1-8-4-3-5-10(6-8)16-7-11-14-15-12(17-11)9(2)13/h3-6,9H,7,13H2,1-2H3. The number of rotatable bonds is 4. The second kappa shape index (κ2) is 4.97. The summed E-state index contributed by atoms with van der Waals surface area (Å²) in [5, 5.41) is 7.68. The summed E-state index contributed by atoms with van der Waals surface area (Å²) in [5.41, 5.74) is 6.76. The van der Waals surface area contributed by atoms with Crippen molar-refractivity contribution in [3.8, 4) is 5.75 Å². The summed E-state index contributed by atoms with van der Waals surface area (Å²) in [7, 11) is 0. The van der Waals surface area contributed by atoms with Gasteiger partial charge in [0.1, 0.15) is 5.75 Å². The molecule has 0 radical (unpaired) electrons. The van der Waals surface area contributed by atoms with E-state index in [1.54, 1.807) is 6.92 Å². The predicted octanol–water partition coefficient (Wildman–Crippen LogP) is 1.98. The average Bonchev–Trinajstić information content (AvgIpc) is 2.75. The van der Waals surface area contributed by atoms with Crippen molar-refractivity contribution in [2.75, 3.05) is 0 Å². The van der Waals surface area contributed by atoms with E-state index < -0.39 is 0 Å². The maximum Gasteiger partial charge on any atom is 0.253 e. The van der Waals surface area contributed by atoms with Gasteiger partial charge in [-0.2, -0.15) is 0 Å². The number of hydrogen-bond donors (Lipinski definition) is 1. The first-order valence-electron chi connectivity index (χ1n) is 5.42. The van der Waals surface area contributed by atoms with Crippen LogP contribution >= 0.6 is 0 Å². The molecule has 5 nitrogen and oxygen atoms in total. The van der Waals surface area contributed by atoms with Gasteiger partial charge >= 0.3 is 0 Å². The highest BCUT2D eigenvalue weighted by Gasteiger charge is 2.10. The molecule has 2 aromatic rings. The van der Waals surface area contributed by atoms with Crippen LogP contribution in [0.4, 0.5) is 0 Å². The lowest BCUT2D eigenvalue weighted by Crippen LogP contribution is -2.04. The zero-order valence-electron chi connectivity index (χ0n) is 9.88. The summed E-state index contributed by atoms with van der Waals surface area (Å²) in [6.45, 7) is 4.05. The maximum absolute atomic E-state index is 5.62. The zero-order valence-corrected chi connectivity index (χ0v) is 9.88. The fourth-order valence-electron chi connectivity index (χ4n) is 1.36. The predicted molar refractivity (Wildman–Crippen MR) is 62.4 cm³/mol. The second-order valence-electron chi connectivity index (χ2n) is 3.93. The van der Waals surface area contributed by atoms with Crippen LogP contribution in [0.25, 0.3) is 0 Å². The van der Waals surface area contributed by atoms with Crippen LogP contribution in [0, 0.1) is 6.92 Å². The summed E-state index contributed by atoms with van der Waals surface area (Å²) < 4.78 is 10.9. The molecule has 0 spiro atoms. The average molecular weight is 233 g/mol. The van der Waals surface area contributed by atoms with Crippen molar-refractivity contribution in [1.82, 2.24) is 10.2 Å². The van der Waals surface area contributed by atoms with Crippen molar-refractivity contribution in [3.63, 3.8) is 0 Å². The zero-order chi connectivity index (χ0) is 12.3. The lowest BCUT2D eigenvalue weighted by Gasteiger charge is -2.03. The Morgan fingerprint density at radius 2 is 2.24 bits per heavy atom. The summed E-state index contributed by atoms with van der Waals surface area (Å²) in [6.07, 6.45) is 0. The minimum atomic E-state index is -0.254.